The first-order valence-electron chi connectivity index (χ1n) is 13.1. The van der Waals surface area contributed by atoms with Crippen LogP contribution in [0.2, 0.25) is 0 Å². The van der Waals surface area contributed by atoms with Gasteiger partial charge in [0.05, 0.1) is 0 Å². The standard InChI is InChI=1S/C35H30/c1-4-22-14-16-27-28-17-15-23(21-33(28)35(5-2,6-3)32(27)20-22)24-18-19-31-26-11-8-7-10-25(26)30-13-9-12-29(24)34(30)31/h7-21H,4-6H2,1-3H3. The predicted octanol–water partition coefficient (Wildman–Crippen LogP) is 9.80. The van der Waals surface area contributed by atoms with E-state index < -0.39 is 0 Å². The van der Waals surface area contributed by atoms with Crippen LogP contribution in [0, 0.1) is 0 Å². The Kier molecular flexibility index (Phi) is 4.39. The summed E-state index contributed by atoms with van der Waals surface area (Å²) in [5.41, 5.74) is 15.6. The molecule has 0 saturated heterocycles. The molecule has 0 saturated carbocycles. The first-order chi connectivity index (χ1) is 17.2. The molecule has 0 aromatic heterocycles. The first-order valence-corrected chi connectivity index (χ1v) is 13.1. The maximum absolute atomic E-state index is 2.51. The van der Waals surface area contributed by atoms with E-state index in [1.54, 1.807) is 0 Å². The number of aryl methyl sites for hydroxylation is 1. The summed E-state index contributed by atoms with van der Waals surface area (Å²) in [6, 6.07) is 34.8. The summed E-state index contributed by atoms with van der Waals surface area (Å²) < 4.78 is 0. The Morgan fingerprint density at radius 1 is 0.514 bits per heavy atom. The summed E-state index contributed by atoms with van der Waals surface area (Å²) in [7, 11) is 0. The van der Waals surface area contributed by atoms with Gasteiger partial charge in [0.15, 0.2) is 0 Å². The quantitative estimate of drug-likeness (QED) is 0.251. The summed E-state index contributed by atoms with van der Waals surface area (Å²) in [6.45, 7) is 6.99. The summed E-state index contributed by atoms with van der Waals surface area (Å²) in [4.78, 5) is 0. The molecule has 5 aromatic rings. The van der Waals surface area contributed by atoms with Crippen molar-refractivity contribution in [3.63, 3.8) is 0 Å². The fraction of sp³-hybridized carbons (Fsp3) is 0.200. The lowest BCUT2D eigenvalue weighted by Gasteiger charge is -2.30. The average molecular weight is 451 g/mol. The fourth-order valence-electron chi connectivity index (χ4n) is 7.00. The van der Waals surface area contributed by atoms with E-state index in [1.165, 1.54) is 72.0 Å². The van der Waals surface area contributed by atoms with E-state index >= 15 is 0 Å². The minimum absolute atomic E-state index is 0.0942. The van der Waals surface area contributed by atoms with Gasteiger partial charge in [0.25, 0.3) is 0 Å². The van der Waals surface area contributed by atoms with E-state index in [0.29, 0.717) is 0 Å². The Morgan fingerprint density at radius 2 is 1.11 bits per heavy atom. The summed E-state index contributed by atoms with van der Waals surface area (Å²) in [5, 5.41) is 2.76. The molecule has 0 heterocycles. The van der Waals surface area contributed by atoms with Crippen molar-refractivity contribution < 1.29 is 0 Å². The third-order valence-corrected chi connectivity index (χ3v) is 8.90. The largest absolute Gasteiger partial charge is 0.0642 e. The fourth-order valence-corrected chi connectivity index (χ4v) is 7.00. The van der Waals surface area contributed by atoms with Gasteiger partial charge in [-0.2, -0.15) is 0 Å². The summed E-state index contributed by atoms with van der Waals surface area (Å²) >= 11 is 0. The molecule has 0 amide bonds. The van der Waals surface area contributed by atoms with Crippen LogP contribution >= 0.6 is 0 Å². The van der Waals surface area contributed by atoms with Gasteiger partial charge in [0.1, 0.15) is 0 Å². The maximum atomic E-state index is 2.51. The van der Waals surface area contributed by atoms with Gasteiger partial charge < -0.3 is 0 Å². The molecule has 2 aliphatic rings. The van der Waals surface area contributed by atoms with Gasteiger partial charge >= 0.3 is 0 Å². The molecule has 0 N–H and O–H groups in total. The smallest absolute Gasteiger partial charge is 0.0210 e. The van der Waals surface area contributed by atoms with E-state index in [4.69, 9.17) is 0 Å². The van der Waals surface area contributed by atoms with Crippen LogP contribution in [0.15, 0.2) is 91.0 Å². The van der Waals surface area contributed by atoms with Crippen molar-refractivity contribution in [2.45, 2.75) is 45.4 Å². The van der Waals surface area contributed by atoms with Crippen LogP contribution in [0.5, 0.6) is 0 Å². The Morgan fingerprint density at radius 3 is 1.83 bits per heavy atom. The summed E-state index contributed by atoms with van der Waals surface area (Å²) in [6.07, 6.45) is 3.33. The maximum Gasteiger partial charge on any atom is 0.0210 e. The minimum Gasteiger partial charge on any atom is -0.0642 e. The highest BCUT2D eigenvalue weighted by Crippen LogP contribution is 2.54. The lowest BCUT2D eigenvalue weighted by atomic mass is 9.73. The van der Waals surface area contributed by atoms with Crippen molar-refractivity contribution in [2.24, 2.45) is 0 Å². The highest BCUT2D eigenvalue weighted by atomic mass is 14.4. The highest BCUT2D eigenvalue weighted by molar-refractivity contribution is 6.18. The highest BCUT2D eigenvalue weighted by Gasteiger charge is 2.40. The first kappa shape index (κ1) is 20.7. The van der Waals surface area contributed by atoms with Crippen molar-refractivity contribution in [1.29, 1.82) is 0 Å². The molecular weight excluding hydrogens is 420 g/mol. The van der Waals surface area contributed by atoms with Crippen LogP contribution in [0.3, 0.4) is 0 Å². The number of benzene rings is 5. The Labute approximate surface area is 208 Å². The Balaban J connectivity index is 1.46. The van der Waals surface area contributed by atoms with Gasteiger partial charge in [-0.25, -0.2) is 0 Å². The van der Waals surface area contributed by atoms with Crippen molar-refractivity contribution in [1.82, 2.24) is 0 Å². The SMILES string of the molecule is CCc1ccc2c(c1)C(CC)(CC)c1cc(-c3ccc4c5c(cccc35)-c3ccccc3-4)ccc1-2. The molecular formula is C35H30. The van der Waals surface area contributed by atoms with Gasteiger partial charge in [-0.3, -0.25) is 0 Å². The lowest BCUT2D eigenvalue weighted by molar-refractivity contribution is 0.490. The van der Waals surface area contributed by atoms with Crippen molar-refractivity contribution in [3.05, 3.63) is 108 Å². The van der Waals surface area contributed by atoms with Crippen LogP contribution < -0.4 is 0 Å². The van der Waals surface area contributed by atoms with Crippen molar-refractivity contribution in [3.8, 4) is 44.5 Å². The molecule has 5 aromatic carbocycles. The third kappa shape index (κ3) is 2.63. The topological polar surface area (TPSA) is 0 Å². The third-order valence-electron chi connectivity index (χ3n) is 8.90. The van der Waals surface area contributed by atoms with Gasteiger partial charge in [0.2, 0.25) is 0 Å². The van der Waals surface area contributed by atoms with Crippen molar-refractivity contribution in [2.75, 3.05) is 0 Å². The minimum atomic E-state index is 0.0942. The normalized spacial score (nSPS) is 14.1. The molecule has 0 heteroatoms. The van der Waals surface area contributed by atoms with Crippen LogP contribution in [0.25, 0.3) is 55.3 Å². The van der Waals surface area contributed by atoms with Crippen LogP contribution in [-0.2, 0) is 11.8 Å². The molecule has 170 valence electrons. The number of rotatable bonds is 4. The molecule has 0 aliphatic heterocycles. The zero-order chi connectivity index (χ0) is 23.7. The van der Waals surface area contributed by atoms with E-state index in [2.05, 4.69) is 112 Å². The van der Waals surface area contributed by atoms with Crippen LogP contribution in [-0.4, -0.2) is 0 Å². The number of hydrogen-bond acceptors (Lipinski definition) is 0. The Hall–Kier alpha value is -3.64. The van der Waals surface area contributed by atoms with E-state index in [1.807, 2.05) is 0 Å². The lowest BCUT2D eigenvalue weighted by Crippen LogP contribution is -2.23. The van der Waals surface area contributed by atoms with Crippen LogP contribution in [0.1, 0.15) is 50.3 Å². The molecule has 0 atom stereocenters. The van der Waals surface area contributed by atoms with Gasteiger partial charge in [0, 0.05) is 5.41 Å². The molecule has 7 rings (SSSR count). The van der Waals surface area contributed by atoms with Gasteiger partial charge in [-0.05, 0) is 97.3 Å². The van der Waals surface area contributed by atoms with Gasteiger partial charge in [-0.1, -0.05) is 106 Å². The zero-order valence-corrected chi connectivity index (χ0v) is 20.8. The average Bonchev–Trinajstić information content (AvgIpc) is 3.39. The molecule has 0 unspecified atom stereocenters. The summed E-state index contributed by atoms with van der Waals surface area (Å²) in [5.74, 6) is 0. The number of fused-ring (bicyclic) bond motifs is 6. The van der Waals surface area contributed by atoms with Crippen LogP contribution in [0.4, 0.5) is 0 Å². The van der Waals surface area contributed by atoms with Gasteiger partial charge in [-0.15, -0.1) is 0 Å². The predicted molar refractivity (Wildman–Crippen MR) is 150 cm³/mol. The number of hydrogen-bond donors (Lipinski definition) is 0. The second-order valence-electron chi connectivity index (χ2n) is 10.2. The van der Waals surface area contributed by atoms with E-state index in [0.717, 1.165) is 19.3 Å². The second-order valence-corrected chi connectivity index (χ2v) is 10.2. The molecule has 2 aliphatic carbocycles. The molecule has 0 nitrogen and oxygen atoms in total. The molecule has 0 bridgehead atoms. The Bertz CT molecular complexity index is 1620. The molecule has 0 fully saturated rings. The van der Waals surface area contributed by atoms with Crippen molar-refractivity contribution >= 4 is 10.8 Å². The zero-order valence-electron chi connectivity index (χ0n) is 20.8. The molecule has 35 heavy (non-hydrogen) atoms. The molecule has 0 radical (unpaired) electrons. The molecule has 0 spiro atoms. The van der Waals surface area contributed by atoms with E-state index in [-0.39, 0.29) is 5.41 Å². The monoisotopic (exact) mass is 450 g/mol. The van der Waals surface area contributed by atoms with E-state index in [9.17, 15) is 0 Å². The second kappa shape index (κ2) is 7.43.